The van der Waals surface area contributed by atoms with Crippen molar-refractivity contribution in [3.63, 3.8) is 0 Å². The Balaban J connectivity index is 1.98. The van der Waals surface area contributed by atoms with E-state index in [0.717, 1.165) is 0 Å². The van der Waals surface area contributed by atoms with E-state index in [-0.39, 0.29) is 27.5 Å². The van der Waals surface area contributed by atoms with E-state index in [1.807, 2.05) is 0 Å². The summed E-state index contributed by atoms with van der Waals surface area (Å²) in [6.07, 6.45) is 0. The molecule has 1 heterocycles. The summed E-state index contributed by atoms with van der Waals surface area (Å²) in [5, 5.41) is 16.6. The number of Topliss-reactive ketones (excluding diaryl/α,β-unsaturated/α-hetero) is 1. The highest BCUT2D eigenvalue weighted by Gasteiger charge is 2.47. The van der Waals surface area contributed by atoms with E-state index in [4.69, 9.17) is 19.3 Å². The van der Waals surface area contributed by atoms with Gasteiger partial charge >= 0.3 is 0 Å². The zero-order valence-electron chi connectivity index (χ0n) is 20.2. The van der Waals surface area contributed by atoms with E-state index >= 15 is 0 Å². The van der Waals surface area contributed by atoms with Gasteiger partial charge in [-0.1, -0.05) is 12.1 Å². The van der Waals surface area contributed by atoms with Crippen LogP contribution in [0.15, 0.2) is 77.2 Å². The number of nitrogens with zero attached hydrogens (tertiary/aromatic N) is 1. The number of nitrogens with two attached hydrogens (primary N) is 1. The molecule has 10 nitrogen and oxygen atoms in total. The van der Waals surface area contributed by atoms with Crippen LogP contribution in [0.25, 0.3) is 5.76 Å². The lowest BCUT2D eigenvalue weighted by molar-refractivity contribution is -0.132. The first kappa shape index (κ1) is 25.7. The molecule has 3 aromatic rings. The second kappa shape index (κ2) is 9.96. The first-order chi connectivity index (χ1) is 17.6. The minimum Gasteiger partial charge on any atom is -0.507 e. The summed E-state index contributed by atoms with van der Waals surface area (Å²) in [4.78, 5) is 27.8. The Hall–Kier alpha value is -4.35. The van der Waals surface area contributed by atoms with Gasteiger partial charge < -0.3 is 19.3 Å². The molecule has 1 atom stereocenters. The highest BCUT2D eigenvalue weighted by molar-refractivity contribution is 7.89. The minimum atomic E-state index is -3.98. The van der Waals surface area contributed by atoms with Crippen molar-refractivity contribution in [3.05, 3.63) is 83.4 Å². The van der Waals surface area contributed by atoms with Crippen molar-refractivity contribution in [3.8, 4) is 17.2 Å². The molecule has 0 saturated carbocycles. The number of hydrogen-bond donors (Lipinski definition) is 2. The lowest BCUT2D eigenvalue weighted by atomic mass is 9.94. The number of ether oxygens (including phenoxy) is 3. The number of hydrogen-bond acceptors (Lipinski definition) is 8. The zero-order chi connectivity index (χ0) is 26.9. The molecule has 192 valence electrons. The van der Waals surface area contributed by atoms with Gasteiger partial charge in [0.2, 0.25) is 10.0 Å². The summed E-state index contributed by atoms with van der Waals surface area (Å²) in [6.45, 7) is 0. The number of aliphatic hydroxyl groups excluding tert-OH is 1. The Morgan fingerprint density at radius 1 is 0.892 bits per heavy atom. The molecule has 1 amide bonds. The van der Waals surface area contributed by atoms with Gasteiger partial charge in [0.05, 0.1) is 43.4 Å². The summed E-state index contributed by atoms with van der Waals surface area (Å²) in [6, 6.07) is 15.5. The molecular weight excluding hydrogens is 500 g/mol. The Bertz CT molecular complexity index is 1510. The summed E-state index contributed by atoms with van der Waals surface area (Å²) in [5.74, 6) is -1.21. The van der Waals surface area contributed by atoms with Crippen LogP contribution in [0.1, 0.15) is 17.2 Å². The SMILES string of the molecule is COc1cccc(C2/C(=C(\O)c3cc(OC)ccc3OC)C(=O)C(=O)N2c2ccc(S(N)(=O)=O)cc2)c1. The molecule has 0 spiro atoms. The Labute approximate surface area is 213 Å². The molecule has 37 heavy (non-hydrogen) atoms. The van der Waals surface area contributed by atoms with Crippen LogP contribution in [0.2, 0.25) is 0 Å². The molecule has 1 saturated heterocycles. The molecule has 1 aliphatic heterocycles. The van der Waals surface area contributed by atoms with Gasteiger partial charge in [-0.25, -0.2) is 13.6 Å². The number of carbonyl (C=O) groups excluding carboxylic acids is 2. The number of sulfonamides is 1. The van der Waals surface area contributed by atoms with Gasteiger partial charge in [0.25, 0.3) is 11.7 Å². The summed E-state index contributed by atoms with van der Waals surface area (Å²) in [5.41, 5.74) is 0.647. The van der Waals surface area contributed by atoms with Crippen molar-refractivity contribution in [1.82, 2.24) is 0 Å². The van der Waals surface area contributed by atoms with Gasteiger partial charge in [0.1, 0.15) is 23.0 Å². The zero-order valence-corrected chi connectivity index (χ0v) is 21.0. The summed E-state index contributed by atoms with van der Waals surface area (Å²) in [7, 11) is 0.354. The Morgan fingerprint density at radius 2 is 1.54 bits per heavy atom. The van der Waals surface area contributed by atoms with E-state index in [0.29, 0.717) is 17.1 Å². The highest BCUT2D eigenvalue weighted by Crippen LogP contribution is 2.44. The summed E-state index contributed by atoms with van der Waals surface area (Å²) < 4.78 is 39.4. The predicted octanol–water partition coefficient (Wildman–Crippen LogP) is 2.99. The number of carbonyl (C=O) groups is 2. The van der Waals surface area contributed by atoms with Crippen molar-refractivity contribution >= 4 is 33.2 Å². The average Bonchev–Trinajstić information content (AvgIpc) is 3.17. The molecule has 0 aliphatic carbocycles. The number of aliphatic hydroxyl groups is 1. The molecule has 1 aliphatic rings. The van der Waals surface area contributed by atoms with Crippen molar-refractivity contribution in [2.75, 3.05) is 26.2 Å². The van der Waals surface area contributed by atoms with Gasteiger partial charge in [0.15, 0.2) is 0 Å². The lowest BCUT2D eigenvalue weighted by Gasteiger charge is -2.26. The first-order valence-electron chi connectivity index (χ1n) is 10.9. The topological polar surface area (TPSA) is 145 Å². The van der Waals surface area contributed by atoms with Crippen LogP contribution >= 0.6 is 0 Å². The van der Waals surface area contributed by atoms with Crippen LogP contribution < -0.4 is 24.2 Å². The van der Waals surface area contributed by atoms with E-state index in [2.05, 4.69) is 0 Å². The van der Waals surface area contributed by atoms with Crippen LogP contribution in [0, 0.1) is 0 Å². The van der Waals surface area contributed by atoms with Crippen LogP contribution in [0.3, 0.4) is 0 Å². The molecule has 1 unspecified atom stereocenters. The number of rotatable bonds is 7. The molecule has 3 aromatic carbocycles. The smallest absolute Gasteiger partial charge is 0.300 e. The Kier molecular flexibility index (Phi) is 6.92. The molecule has 0 radical (unpaired) electrons. The molecule has 3 N–H and O–H groups in total. The quantitative estimate of drug-likeness (QED) is 0.273. The fourth-order valence-electron chi connectivity index (χ4n) is 4.17. The largest absolute Gasteiger partial charge is 0.507 e. The third-order valence-electron chi connectivity index (χ3n) is 5.96. The molecule has 1 fully saturated rings. The van der Waals surface area contributed by atoms with E-state index in [9.17, 15) is 23.1 Å². The fourth-order valence-corrected chi connectivity index (χ4v) is 4.68. The van der Waals surface area contributed by atoms with Gasteiger partial charge in [-0.2, -0.15) is 0 Å². The van der Waals surface area contributed by atoms with Gasteiger partial charge in [-0.3, -0.25) is 14.5 Å². The third-order valence-corrected chi connectivity index (χ3v) is 6.89. The lowest BCUT2D eigenvalue weighted by Crippen LogP contribution is -2.29. The maximum Gasteiger partial charge on any atom is 0.300 e. The summed E-state index contributed by atoms with van der Waals surface area (Å²) >= 11 is 0. The van der Waals surface area contributed by atoms with E-state index < -0.39 is 33.5 Å². The fraction of sp³-hybridized carbons (Fsp3) is 0.154. The second-order valence-corrected chi connectivity index (χ2v) is 9.61. The molecule has 0 bridgehead atoms. The van der Waals surface area contributed by atoms with E-state index in [1.165, 1.54) is 56.6 Å². The number of anilines is 1. The number of ketones is 1. The highest BCUT2D eigenvalue weighted by atomic mass is 32.2. The van der Waals surface area contributed by atoms with Crippen LogP contribution in [-0.4, -0.2) is 46.5 Å². The van der Waals surface area contributed by atoms with Crippen molar-refractivity contribution in [2.24, 2.45) is 5.14 Å². The molecular formula is C26H24N2O8S. The predicted molar refractivity (Wildman–Crippen MR) is 135 cm³/mol. The minimum absolute atomic E-state index is 0.150. The van der Waals surface area contributed by atoms with Crippen molar-refractivity contribution in [1.29, 1.82) is 0 Å². The van der Waals surface area contributed by atoms with Crippen LogP contribution in [0.5, 0.6) is 17.2 Å². The van der Waals surface area contributed by atoms with Crippen molar-refractivity contribution < 1.29 is 37.3 Å². The molecule has 4 rings (SSSR count). The standard InChI is InChI=1S/C26H24N2O8S/c1-34-17-6-4-5-15(13-17)23-22(24(29)20-14-18(35-2)9-12-21(20)36-3)25(30)26(31)28(23)16-7-10-19(11-8-16)37(27,32)33/h4-14,23,29H,1-3H3,(H2,27,32,33)/b24-22+. The first-order valence-corrected chi connectivity index (χ1v) is 12.5. The normalized spacial score (nSPS) is 17.1. The monoisotopic (exact) mass is 524 g/mol. The maximum atomic E-state index is 13.4. The number of methoxy groups -OCH3 is 3. The third kappa shape index (κ3) is 4.74. The van der Waals surface area contributed by atoms with Gasteiger partial charge in [-0.05, 0) is 60.2 Å². The maximum absolute atomic E-state index is 13.4. The van der Waals surface area contributed by atoms with Crippen molar-refractivity contribution in [2.45, 2.75) is 10.9 Å². The number of benzene rings is 3. The Morgan fingerprint density at radius 3 is 2.14 bits per heavy atom. The second-order valence-electron chi connectivity index (χ2n) is 8.05. The average molecular weight is 525 g/mol. The molecule has 11 heteroatoms. The van der Waals surface area contributed by atoms with Gasteiger partial charge in [0, 0.05) is 5.69 Å². The van der Waals surface area contributed by atoms with Gasteiger partial charge in [-0.15, -0.1) is 0 Å². The van der Waals surface area contributed by atoms with Crippen LogP contribution in [0.4, 0.5) is 5.69 Å². The van der Waals surface area contributed by atoms with E-state index in [1.54, 1.807) is 36.4 Å². The number of primary sulfonamides is 1. The molecule has 0 aromatic heterocycles. The van der Waals surface area contributed by atoms with Crippen LogP contribution in [-0.2, 0) is 19.6 Å². The number of amides is 1.